The van der Waals surface area contributed by atoms with E-state index in [1.165, 1.54) is 13.0 Å². The number of amides is 1. The summed E-state index contributed by atoms with van der Waals surface area (Å²) >= 11 is 0. The van der Waals surface area contributed by atoms with Crippen LogP contribution in [0.5, 0.6) is 5.75 Å². The van der Waals surface area contributed by atoms with Crippen molar-refractivity contribution in [2.75, 3.05) is 45.8 Å². The molecule has 7 heteroatoms. The molecule has 1 aromatic rings. The molecule has 7 nitrogen and oxygen atoms in total. The number of rotatable bonds is 11. The highest BCUT2D eigenvalue weighted by atomic mass is 16.5. The summed E-state index contributed by atoms with van der Waals surface area (Å²) in [4.78, 5) is 22.9. The number of carbonyl (C=O) groups excluding carboxylic acids is 2. The number of nitrogens with one attached hydrogen (secondary N) is 1. The second-order valence-electron chi connectivity index (χ2n) is 4.90. The topological polar surface area (TPSA) is 99.9 Å². The van der Waals surface area contributed by atoms with Crippen molar-refractivity contribution >= 4 is 17.4 Å². The van der Waals surface area contributed by atoms with Crippen molar-refractivity contribution in [3.63, 3.8) is 0 Å². The van der Waals surface area contributed by atoms with Gasteiger partial charge in [0, 0.05) is 37.6 Å². The maximum Gasteiger partial charge on any atom is 0.257 e. The van der Waals surface area contributed by atoms with Gasteiger partial charge >= 0.3 is 0 Å². The summed E-state index contributed by atoms with van der Waals surface area (Å²) in [5, 5.41) is 2.73. The van der Waals surface area contributed by atoms with Crippen LogP contribution in [0.4, 0.5) is 5.69 Å². The number of carbonyl (C=O) groups is 2. The van der Waals surface area contributed by atoms with E-state index in [0.29, 0.717) is 43.4 Å². The Kier molecular flexibility index (Phi) is 8.71. The van der Waals surface area contributed by atoms with E-state index in [-0.39, 0.29) is 18.3 Å². The number of nitrogen functional groups attached to an aromatic ring is 1. The standard InChI is InChI=1S/C16H24N2O5/c1-12(19)14-5-4-13(10-15(14)17)23-11-16(20)18-6-3-7-22-9-8-21-2/h4-5,10H,3,6-9,11,17H2,1-2H3,(H,18,20). The zero-order chi connectivity index (χ0) is 17.1. The zero-order valence-corrected chi connectivity index (χ0v) is 13.6. The largest absolute Gasteiger partial charge is 0.484 e. The molecule has 0 fully saturated rings. The third-order valence-electron chi connectivity index (χ3n) is 2.99. The van der Waals surface area contributed by atoms with Crippen molar-refractivity contribution in [2.24, 2.45) is 0 Å². The highest BCUT2D eigenvalue weighted by molar-refractivity contribution is 5.99. The number of hydrogen-bond acceptors (Lipinski definition) is 6. The van der Waals surface area contributed by atoms with Crippen LogP contribution in [0.3, 0.4) is 0 Å². The number of benzene rings is 1. The Balaban J connectivity index is 2.21. The van der Waals surface area contributed by atoms with Gasteiger partial charge in [-0.05, 0) is 25.5 Å². The first kappa shape index (κ1) is 18.9. The van der Waals surface area contributed by atoms with E-state index in [2.05, 4.69) is 5.32 Å². The van der Waals surface area contributed by atoms with E-state index < -0.39 is 0 Å². The van der Waals surface area contributed by atoms with E-state index in [4.69, 9.17) is 19.9 Å². The Morgan fingerprint density at radius 3 is 2.65 bits per heavy atom. The van der Waals surface area contributed by atoms with Crippen molar-refractivity contribution in [2.45, 2.75) is 13.3 Å². The Labute approximate surface area is 136 Å². The van der Waals surface area contributed by atoms with E-state index in [1.807, 2.05) is 0 Å². The Hall–Kier alpha value is -2.12. The lowest BCUT2D eigenvalue weighted by molar-refractivity contribution is -0.123. The Morgan fingerprint density at radius 2 is 2.00 bits per heavy atom. The zero-order valence-electron chi connectivity index (χ0n) is 13.6. The molecule has 0 aromatic heterocycles. The third-order valence-corrected chi connectivity index (χ3v) is 2.99. The number of Topliss-reactive ketones (excluding diaryl/α,β-unsaturated/α-hetero) is 1. The van der Waals surface area contributed by atoms with Gasteiger partial charge < -0.3 is 25.3 Å². The smallest absolute Gasteiger partial charge is 0.257 e. The van der Waals surface area contributed by atoms with Gasteiger partial charge in [0.1, 0.15) is 5.75 Å². The quantitative estimate of drug-likeness (QED) is 0.358. The molecule has 0 bridgehead atoms. The lowest BCUT2D eigenvalue weighted by atomic mass is 10.1. The SMILES string of the molecule is COCCOCCCNC(=O)COc1ccc(C(C)=O)c(N)c1. The van der Waals surface area contributed by atoms with Crippen LogP contribution in [0.1, 0.15) is 23.7 Å². The minimum Gasteiger partial charge on any atom is -0.484 e. The van der Waals surface area contributed by atoms with Gasteiger partial charge in [-0.3, -0.25) is 9.59 Å². The second-order valence-corrected chi connectivity index (χ2v) is 4.90. The maximum atomic E-state index is 11.6. The average Bonchev–Trinajstić information content (AvgIpc) is 2.51. The van der Waals surface area contributed by atoms with Crippen LogP contribution in [0.15, 0.2) is 18.2 Å². The molecule has 0 unspecified atom stereocenters. The van der Waals surface area contributed by atoms with Gasteiger partial charge in [-0.1, -0.05) is 0 Å². The molecular formula is C16H24N2O5. The number of ether oxygens (including phenoxy) is 3. The number of ketones is 1. The lowest BCUT2D eigenvalue weighted by Gasteiger charge is -2.09. The molecule has 0 aliphatic carbocycles. The first-order valence-corrected chi connectivity index (χ1v) is 7.41. The highest BCUT2D eigenvalue weighted by Gasteiger charge is 2.07. The van der Waals surface area contributed by atoms with Crippen LogP contribution in [-0.4, -0.2) is 51.8 Å². The van der Waals surface area contributed by atoms with E-state index >= 15 is 0 Å². The number of anilines is 1. The molecule has 0 saturated heterocycles. The summed E-state index contributed by atoms with van der Waals surface area (Å²) in [6, 6.07) is 4.74. The molecular weight excluding hydrogens is 300 g/mol. The van der Waals surface area contributed by atoms with Crippen molar-refractivity contribution < 1.29 is 23.8 Å². The van der Waals surface area contributed by atoms with Crippen molar-refractivity contribution in [1.29, 1.82) is 0 Å². The molecule has 0 aliphatic heterocycles. The molecule has 23 heavy (non-hydrogen) atoms. The summed E-state index contributed by atoms with van der Waals surface area (Å²) < 4.78 is 15.5. The first-order chi connectivity index (χ1) is 11.0. The second kappa shape index (κ2) is 10.6. The third kappa shape index (κ3) is 7.62. The molecule has 0 heterocycles. The molecule has 0 spiro atoms. The summed E-state index contributed by atoms with van der Waals surface area (Å²) in [6.07, 6.45) is 0.718. The monoisotopic (exact) mass is 324 g/mol. The summed E-state index contributed by atoms with van der Waals surface area (Å²) in [5.41, 5.74) is 6.53. The molecule has 0 radical (unpaired) electrons. The molecule has 0 saturated carbocycles. The van der Waals surface area contributed by atoms with Crippen LogP contribution < -0.4 is 15.8 Å². The number of nitrogens with two attached hydrogens (primary N) is 1. The number of methoxy groups -OCH3 is 1. The first-order valence-electron chi connectivity index (χ1n) is 7.41. The van der Waals surface area contributed by atoms with E-state index in [9.17, 15) is 9.59 Å². The molecule has 128 valence electrons. The average molecular weight is 324 g/mol. The van der Waals surface area contributed by atoms with Crippen molar-refractivity contribution in [3.8, 4) is 5.75 Å². The molecule has 0 atom stereocenters. The fourth-order valence-corrected chi connectivity index (χ4v) is 1.80. The molecule has 1 rings (SSSR count). The van der Waals surface area contributed by atoms with Gasteiger partial charge in [0.25, 0.3) is 5.91 Å². The maximum absolute atomic E-state index is 11.6. The fourth-order valence-electron chi connectivity index (χ4n) is 1.80. The van der Waals surface area contributed by atoms with E-state index in [0.717, 1.165) is 6.42 Å². The van der Waals surface area contributed by atoms with Gasteiger partial charge in [0.15, 0.2) is 12.4 Å². The highest BCUT2D eigenvalue weighted by Crippen LogP contribution is 2.20. The summed E-state index contributed by atoms with van der Waals surface area (Å²) in [6.45, 7) is 3.52. The van der Waals surface area contributed by atoms with E-state index in [1.54, 1.807) is 19.2 Å². The Bertz CT molecular complexity index is 519. The summed E-state index contributed by atoms with van der Waals surface area (Å²) in [7, 11) is 1.62. The molecule has 1 aromatic carbocycles. The Morgan fingerprint density at radius 1 is 1.22 bits per heavy atom. The predicted octanol–water partition coefficient (Wildman–Crippen LogP) is 1.02. The van der Waals surface area contributed by atoms with Crippen LogP contribution in [0.2, 0.25) is 0 Å². The van der Waals surface area contributed by atoms with Crippen LogP contribution in [0.25, 0.3) is 0 Å². The van der Waals surface area contributed by atoms with Gasteiger partial charge in [0.05, 0.1) is 13.2 Å². The van der Waals surface area contributed by atoms with Gasteiger partial charge in [-0.2, -0.15) is 0 Å². The van der Waals surface area contributed by atoms with Crippen molar-refractivity contribution in [1.82, 2.24) is 5.32 Å². The molecule has 0 aliphatic rings. The minimum absolute atomic E-state index is 0.108. The minimum atomic E-state index is -0.226. The van der Waals surface area contributed by atoms with Crippen molar-refractivity contribution in [3.05, 3.63) is 23.8 Å². The van der Waals surface area contributed by atoms with Gasteiger partial charge in [0.2, 0.25) is 0 Å². The lowest BCUT2D eigenvalue weighted by Crippen LogP contribution is -2.30. The van der Waals surface area contributed by atoms with Crippen LogP contribution in [0, 0.1) is 0 Å². The molecule has 3 N–H and O–H groups in total. The molecule has 1 amide bonds. The van der Waals surface area contributed by atoms with Crippen LogP contribution >= 0.6 is 0 Å². The predicted molar refractivity (Wildman–Crippen MR) is 86.7 cm³/mol. The summed E-state index contributed by atoms with van der Waals surface area (Å²) in [5.74, 6) is 0.112. The number of hydrogen-bond donors (Lipinski definition) is 2. The van der Waals surface area contributed by atoms with Gasteiger partial charge in [-0.25, -0.2) is 0 Å². The van der Waals surface area contributed by atoms with Crippen LogP contribution in [-0.2, 0) is 14.3 Å². The van der Waals surface area contributed by atoms with Gasteiger partial charge in [-0.15, -0.1) is 0 Å². The fraction of sp³-hybridized carbons (Fsp3) is 0.500. The normalized spacial score (nSPS) is 10.3.